The summed E-state index contributed by atoms with van der Waals surface area (Å²) in [5.41, 5.74) is 5.62. The van der Waals surface area contributed by atoms with Gasteiger partial charge in [-0.25, -0.2) is 0 Å². The van der Waals surface area contributed by atoms with E-state index in [2.05, 4.69) is 18.7 Å². The molecular weight excluding hydrogens is 184 g/mol. The van der Waals surface area contributed by atoms with Crippen molar-refractivity contribution in [3.63, 3.8) is 0 Å². The van der Waals surface area contributed by atoms with Crippen LogP contribution < -0.4 is 5.73 Å². The first-order valence-corrected chi connectivity index (χ1v) is 5.22. The summed E-state index contributed by atoms with van der Waals surface area (Å²) in [5.74, 6) is 0. The second-order valence-corrected chi connectivity index (χ2v) is 3.50. The minimum absolute atomic E-state index is 0.187. The summed E-state index contributed by atoms with van der Waals surface area (Å²) in [6.45, 7) is 6.17. The van der Waals surface area contributed by atoms with Crippen LogP contribution in [-0.2, 0) is 0 Å². The number of rotatable bonds is 7. The molecule has 1 atom stereocenters. The first kappa shape index (κ1) is 12.8. The summed E-state index contributed by atoms with van der Waals surface area (Å²) in [6.07, 6.45) is 1.72. The van der Waals surface area contributed by atoms with Crippen molar-refractivity contribution in [1.82, 2.24) is 4.90 Å². The average molecular weight is 204 g/mol. The van der Waals surface area contributed by atoms with E-state index in [9.17, 15) is 0 Å². The van der Waals surface area contributed by atoms with Crippen LogP contribution in [0.1, 0.15) is 26.7 Å². The highest BCUT2D eigenvalue weighted by atomic mass is 32.1. The molecule has 0 aliphatic rings. The van der Waals surface area contributed by atoms with Crippen LogP contribution in [0.5, 0.6) is 0 Å². The van der Waals surface area contributed by atoms with Gasteiger partial charge >= 0.3 is 0 Å². The highest BCUT2D eigenvalue weighted by Gasteiger charge is 2.16. The first-order chi connectivity index (χ1) is 6.17. The number of aliphatic hydroxyl groups excluding tert-OH is 1. The number of aliphatic hydroxyl groups is 1. The molecule has 0 heterocycles. The van der Waals surface area contributed by atoms with E-state index in [1.165, 1.54) is 0 Å². The largest absolute Gasteiger partial charge is 0.396 e. The molecule has 0 aromatic rings. The van der Waals surface area contributed by atoms with Crippen LogP contribution in [0.2, 0.25) is 0 Å². The Hall–Kier alpha value is -0.190. The second-order valence-electron chi connectivity index (χ2n) is 3.03. The third-order valence-corrected chi connectivity index (χ3v) is 2.44. The monoisotopic (exact) mass is 204 g/mol. The van der Waals surface area contributed by atoms with Crippen molar-refractivity contribution in [3.05, 3.63) is 0 Å². The van der Waals surface area contributed by atoms with E-state index >= 15 is 0 Å². The Morgan fingerprint density at radius 2 is 2.15 bits per heavy atom. The van der Waals surface area contributed by atoms with Crippen molar-refractivity contribution >= 4 is 17.2 Å². The number of likely N-dealkylation sites (N-methyl/N-ethyl adjacent to an activating group) is 1. The zero-order valence-electron chi connectivity index (χ0n) is 8.49. The molecule has 0 saturated carbocycles. The minimum atomic E-state index is 0.187. The molecule has 0 rings (SSSR count). The molecular formula is C9H20N2OS. The molecule has 0 aromatic heterocycles. The zero-order valence-corrected chi connectivity index (χ0v) is 9.31. The third-order valence-electron chi connectivity index (χ3n) is 2.17. The van der Waals surface area contributed by atoms with Crippen molar-refractivity contribution in [2.24, 2.45) is 5.73 Å². The first-order valence-electron chi connectivity index (χ1n) is 4.81. The second kappa shape index (κ2) is 7.24. The molecule has 0 aromatic carbocycles. The van der Waals surface area contributed by atoms with Gasteiger partial charge in [0.05, 0.1) is 11.0 Å². The summed E-state index contributed by atoms with van der Waals surface area (Å²) in [4.78, 5) is 2.76. The molecule has 3 nitrogen and oxygen atoms in total. The molecule has 3 N–H and O–H groups in total. The van der Waals surface area contributed by atoms with E-state index in [1.54, 1.807) is 0 Å². The van der Waals surface area contributed by atoms with Gasteiger partial charge in [0.25, 0.3) is 0 Å². The van der Waals surface area contributed by atoms with Gasteiger partial charge in [-0.3, -0.25) is 4.90 Å². The van der Waals surface area contributed by atoms with Crippen LogP contribution in [0.15, 0.2) is 0 Å². The van der Waals surface area contributed by atoms with E-state index in [0.29, 0.717) is 4.99 Å². The lowest BCUT2D eigenvalue weighted by atomic mass is 10.2. The summed E-state index contributed by atoms with van der Waals surface area (Å²) >= 11 is 4.98. The summed E-state index contributed by atoms with van der Waals surface area (Å²) in [7, 11) is 0. The number of thiocarbonyl (C=S) groups is 1. The molecule has 1 unspecified atom stereocenters. The zero-order chi connectivity index (χ0) is 10.3. The van der Waals surface area contributed by atoms with E-state index in [4.69, 9.17) is 23.1 Å². The molecule has 0 amide bonds. The molecule has 0 fully saturated rings. The van der Waals surface area contributed by atoms with Crippen molar-refractivity contribution in [2.45, 2.75) is 32.7 Å². The van der Waals surface area contributed by atoms with Crippen molar-refractivity contribution in [2.75, 3.05) is 19.7 Å². The summed E-state index contributed by atoms with van der Waals surface area (Å²) in [6, 6.07) is 0.187. The Balaban J connectivity index is 4.08. The standard InChI is InChI=1S/C9H20N2OS/c1-3-8(9(10)13)11(4-2)6-5-7-12/h8,12H,3-7H2,1-2H3,(H2,10,13). The summed E-state index contributed by atoms with van der Waals surface area (Å²) in [5, 5.41) is 8.71. The van der Waals surface area contributed by atoms with Crippen LogP contribution in [0.25, 0.3) is 0 Å². The van der Waals surface area contributed by atoms with Crippen molar-refractivity contribution < 1.29 is 5.11 Å². The van der Waals surface area contributed by atoms with Gasteiger partial charge in [0.2, 0.25) is 0 Å². The van der Waals surface area contributed by atoms with E-state index in [1.807, 2.05) is 0 Å². The van der Waals surface area contributed by atoms with Crippen LogP contribution in [0, 0.1) is 0 Å². The topological polar surface area (TPSA) is 49.5 Å². The molecule has 0 spiro atoms. The molecule has 0 bridgehead atoms. The van der Waals surface area contributed by atoms with Gasteiger partial charge in [-0.05, 0) is 19.4 Å². The van der Waals surface area contributed by atoms with Crippen LogP contribution in [-0.4, -0.2) is 40.7 Å². The lowest BCUT2D eigenvalue weighted by Gasteiger charge is -2.28. The fourth-order valence-electron chi connectivity index (χ4n) is 1.45. The normalized spacial score (nSPS) is 13.2. The fraction of sp³-hybridized carbons (Fsp3) is 0.889. The Morgan fingerprint density at radius 3 is 2.46 bits per heavy atom. The number of nitrogens with zero attached hydrogens (tertiary/aromatic N) is 1. The fourth-order valence-corrected chi connectivity index (χ4v) is 1.76. The maximum absolute atomic E-state index is 8.71. The van der Waals surface area contributed by atoms with Gasteiger partial charge in [-0.15, -0.1) is 0 Å². The third kappa shape index (κ3) is 4.55. The number of hydrogen-bond acceptors (Lipinski definition) is 3. The Bertz CT molecular complexity index is 153. The van der Waals surface area contributed by atoms with E-state index < -0.39 is 0 Å². The lowest BCUT2D eigenvalue weighted by molar-refractivity contribution is 0.210. The SMILES string of the molecule is CCC(C(N)=S)N(CC)CCCO. The lowest BCUT2D eigenvalue weighted by Crippen LogP contribution is -2.44. The van der Waals surface area contributed by atoms with E-state index in [-0.39, 0.29) is 12.6 Å². The van der Waals surface area contributed by atoms with Crippen LogP contribution in [0.4, 0.5) is 0 Å². The van der Waals surface area contributed by atoms with E-state index in [0.717, 1.165) is 25.9 Å². The Labute approximate surface area is 85.9 Å². The maximum atomic E-state index is 8.71. The molecule has 0 saturated heterocycles. The predicted octanol–water partition coefficient (Wildman–Crippen LogP) is 0.755. The molecule has 13 heavy (non-hydrogen) atoms. The smallest absolute Gasteiger partial charge is 0.0901 e. The molecule has 78 valence electrons. The van der Waals surface area contributed by atoms with Crippen LogP contribution >= 0.6 is 12.2 Å². The molecule has 0 aliphatic carbocycles. The predicted molar refractivity (Wildman–Crippen MR) is 59.8 cm³/mol. The van der Waals surface area contributed by atoms with Gasteiger partial charge in [0.15, 0.2) is 0 Å². The maximum Gasteiger partial charge on any atom is 0.0901 e. The summed E-state index contributed by atoms with van der Waals surface area (Å²) < 4.78 is 0. The van der Waals surface area contributed by atoms with Gasteiger partial charge in [-0.2, -0.15) is 0 Å². The molecule has 4 heteroatoms. The van der Waals surface area contributed by atoms with Crippen LogP contribution in [0.3, 0.4) is 0 Å². The quantitative estimate of drug-likeness (QED) is 0.601. The average Bonchev–Trinajstić information content (AvgIpc) is 2.11. The number of hydrogen-bond donors (Lipinski definition) is 2. The number of nitrogens with two attached hydrogens (primary N) is 1. The minimum Gasteiger partial charge on any atom is -0.396 e. The highest BCUT2D eigenvalue weighted by Crippen LogP contribution is 2.05. The van der Waals surface area contributed by atoms with Gasteiger partial charge < -0.3 is 10.8 Å². The molecule has 0 radical (unpaired) electrons. The van der Waals surface area contributed by atoms with Gasteiger partial charge in [0.1, 0.15) is 0 Å². The van der Waals surface area contributed by atoms with Gasteiger partial charge in [-0.1, -0.05) is 26.1 Å². The Kier molecular flexibility index (Phi) is 7.13. The highest BCUT2D eigenvalue weighted by molar-refractivity contribution is 7.80. The molecule has 0 aliphatic heterocycles. The van der Waals surface area contributed by atoms with Crippen molar-refractivity contribution in [3.8, 4) is 0 Å². The van der Waals surface area contributed by atoms with Crippen molar-refractivity contribution in [1.29, 1.82) is 0 Å². The van der Waals surface area contributed by atoms with Gasteiger partial charge in [0, 0.05) is 13.2 Å². The Morgan fingerprint density at radius 1 is 1.54 bits per heavy atom.